The van der Waals surface area contributed by atoms with Crippen LogP contribution in [0.25, 0.3) is 11.2 Å². The first-order chi connectivity index (χ1) is 16.0. The lowest BCUT2D eigenvalue weighted by atomic mass is 9.95. The van der Waals surface area contributed by atoms with E-state index in [0.29, 0.717) is 53.6 Å². The predicted molar refractivity (Wildman–Crippen MR) is 121 cm³/mol. The number of nitrogens with one attached hydrogen (secondary N) is 1. The lowest BCUT2D eigenvalue weighted by Gasteiger charge is -2.31. The molecular formula is C23H20ClFN6O2. The number of piperidine rings is 1. The third-order valence-corrected chi connectivity index (χ3v) is 6.15. The van der Waals surface area contributed by atoms with Crippen LogP contribution < -0.4 is 5.56 Å². The molecule has 10 heteroatoms. The zero-order valence-electron chi connectivity index (χ0n) is 17.5. The average Bonchev–Trinajstić information content (AvgIpc) is 3.23. The van der Waals surface area contributed by atoms with Crippen molar-refractivity contribution in [3.63, 3.8) is 0 Å². The highest BCUT2D eigenvalue weighted by Crippen LogP contribution is 2.27. The maximum atomic E-state index is 14.1. The minimum Gasteiger partial charge on any atom is -0.339 e. The predicted octanol–water partition coefficient (Wildman–Crippen LogP) is 3.38. The molecule has 0 spiro atoms. The van der Waals surface area contributed by atoms with Gasteiger partial charge < -0.3 is 9.88 Å². The number of hydrogen-bond donors (Lipinski definition) is 1. The van der Waals surface area contributed by atoms with Crippen LogP contribution in [0.4, 0.5) is 4.39 Å². The Labute approximate surface area is 193 Å². The number of aromatic nitrogens is 5. The maximum absolute atomic E-state index is 14.1. The SMILES string of the molecule is O=C(c1cccc(Cl)c1)N1CCC(c2nc3c(nnn3Cc3ccccc3F)c(=O)[nH]2)CC1. The van der Waals surface area contributed by atoms with Crippen LogP contribution in [0.3, 0.4) is 0 Å². The molecule has 1 N–H and O–H groups in total. The van der Waals surface area contributed by atoms with Gasteiger partial charge in [0.1, 0.15) is 11.6 Å². The van der Waals surface area contributed by atoms with Crippen molar-refractivity contribution in [1.29, 1.82) is 0 Å². The van der Waals surface area contributed by atoms with Crippen LogP contribution in [0.15, 0.2) is 53.3 Å². The summed E-state index contributed by atoms with van der Waals surface area (Å²) in [4.78, 5) is 34.6. The van der Waals surface area contributed by atoms with Crippen LogP contribution in [0.5, 0.6) is 0 Å². The van der Waals surface area contributed by atoms with Crippen molar-refractivity contribution < 1.29 is 9.18 Å². The van der Waals surface area contributed by atoms with Crippen LogP contribution in [0.1, 0.15) is 40.5 Å². The van der Waals surface area contributed by atoms with E-state index in [9.17, 15) is 14.0 Å². The van der Waals surface area contributed by atoms with Crippen LogP contribution in [0.2, 0.25) is 5.02 Å². The van der Waals surface area contributed by atoms with Gasteiger partial charge in [0.05, 0.1) is 6.54 Å². The van der Waals surface area contributed by atoms with E-state index < -0.39 is 0 Å². The molecule has 33 heavy (non-hydrogen) atoms. The summed E-state index contributed by atoms with van der Waals surface area (Å²) < 4.78 is 15.5. The molecule has 3 heterocycles. The number of likely N-dealkylation sites (tertiary alicyclic amines) is 1. The van der Waals surface area contributed by atoms with E-state index in [1.807, 2.05) is 0 Å². The largest absolute Gasteiger partial charge is 0.339 e. The van der Waals surface area contributed by atoms with Gasteiger partial charge in [-0.1, -0.05) is 41.1 Å². The Hall–Kier alpha value is -3.59. The van der Waals surface area contributed by atoms with Gasteiger partial charge in [0.25, 0.3) is 11.5 Å². The molecule has 0 radical (unpaired) electrons. The molecule has 0 bridgehead atoms. The molecule has 1 fully saturated rings. The fourth-order valence-corrected chi connectivity index (χ4v) is 4.32. The Morgan fingerprint density at radius 1 is 1.15 bits per heavy atom. The molecule has 168 valence electrons. The van der Waals surface area contributed by atoms with Crippen molar-refractivity contribution in [3.8, 4) is 0 Å². The summed E-state index contributed by atoms with van der Waals surface area (Å²) in [7, 11) is 0. The highest BCUT2D eigenvalue weighted by molar-refractivity contribution is 6.30. The summed E-state index contributed by atoms with van der Waals surface area (Å²) in [5.74, 6) is 0.0738. The smallest absolute Gasteiger partial charge is 0.281 e. The lowest BCUT2D eigenvalue weighted by molar-refractivity contribution is 0.0711. The minimum atomic E-state index is -0.382. The summed E-state index contributed by atoms with van der Waals surface area (Å²) in [5, 5.41) is 8.46. The molecule has 5 rings (SSSR count). The van der Waals surface area contributed by atoms with Crippen molar-refractivity contribution in [2.45, 2.75) is 25.3 Å². The number of fused-ring (bicyclic) bond motifs is 1. The second kappa shape index (κ2) is 8.74. The molecule has 0 atom stereocenters. The second-order valence-corrected chi connectivity index (χ2v) is 8.48. The summed E-state index contributed by atoms with van der Waals surface area (Å²) in [6.45, 7) is 1.18. The summed E-state index contributed by atoms with van der Waals surface area (Å²) in [5.41, 5.74) is 1.03. The number of aromatic amines is 1. The molecule has 2 aromatic carbocycles. The van der Waals surface area contributed by atoms with E-state index in [1.165, 1.54) is 10.7 Å². The van der Waals surface area contributed by atoms with E-state index in [2.05, 4.69) is 20.3 Å². The van der Waals surface area contributed by atoms with Crippen LogP contribution in [0, 0.1) is 5.82 Å². The fourth-order valence-electron chi connectivity index (χ4n) is 4.13. The third kappa shape index (κ3) is 4.23. The van der Waals surface area contributed by atoms with Gasteiger partial charge in [-0.25, -0.2) is 14.1 Å². The normalized spacial score (nSPS) is 14.7. The van der Waals surface area contributed by atoms with Crippen LogP contribution in [-0.2, 0) is 6.54 Å². The monoisotopic (exact) mass is 466 g/mol. The first kappa shape index (κ1) is 21.3. The molecule has 0 saturated carbocycles. The number of rotatable bonds is 4. The molecular weight excluding hydrogens is 447 g/mol. The molecule has 4 aromatic rings. The quantitative estimate of drug-likeness (QED) is 0.497. The van der Waals surface area contributed by atoms with Gasteiger partial charge in [0, 0.05) is 35.2 Å². The fraction of sp³-hybridized carbons (Fsp3) is 0.261. The second-order valence-electron chi connectivity index (χ2n) is 8.04. The van der Waals surface area contributed by atoms with Crippen LogP contribution in [-0.4, -0.2) is 48.9 Å². The van der Waals surface area contributed by atoms with Crippen molar-refractivity contribution in [1.82, 2.24) is 29.9 Å². The molecule has 8 nitrogen and oxygen atoms in total. The highest BCUT2D eigenvalue weighted by Gasteiger charge is 2.27. The van der Waals surface area contributed by atoms with E-state index in [-0.39, 0.29) is 35.3 Å². The molecule has 1 aliphatic rings. The minimum absolute atomic E-state index is 0.0256. The number of carbonyl (C=O) groups excluding carboxylic acids is 1. The van der Waals surface area contributed by atoms with Gasteiger partial charge in [-0.2, -0.15) is 0 Å². The number of hydrogen-bond acceptors (Lipinski definition) is 5. The molecule has 0 unspecified atom stereocenters. The number of H-pyrrole nitrogens is 1. The number of nitrogens with zero attached hydrogens (tertiary/aromatic N) is 5. The highest BCUT2D eigenvalue weighted by atomic mass is 35.5. The molecule has 1 aliphatic heterocycles. The van der Waals surface area contributed by atoms with Gasteiger partial charge in [0.15, 0.2) is 11.2 Å². The van der Waals surface area contributed by atoms with Gasteiger partial charge in [-0.3, -0.25) is 9.59 Å². The Bertz CT molecular complexity index is 1390. The molecule has 2 aromatic heterocycles. The van der Waals surface area contributed by atoms with Crippen molar-refractivity contribution >= 4 is 28.7 Å². The number of carbonyl (C=O) groups is 1. The first-order valence-corrected chi connectivity index (χ1v) is 11.0. The Kier molecular flexibility index (Phi) is 5.63. The lowest BCUT2D eigenvalue weighted by Crippen LogP contribution is -2.38. The Balaban J connectivity index is 1.36. The van der Waals surface area contributed by atoms with Crippen molar-refractivity contribution in [2.24, 2.45) is 0 Å². The maximum Gasteiger partial charge on any atom is 0.281 e. The first-order valence-electron chi connectivity index (χ1n) is 10.6. The van der Waals surface area contributed by atoms with E-state index in [0.717, 1.165) is 0 Å². The van der Waals surface area contributed by atoms with Crippen LogP contribution >= 0.6 is 11.6 Å². The number of halogens is 2. The van der Waals surface area contributed by atoms with Gasteiger partial charge in [0.2, 0.25) is 0 Å². The Morgan fingerprint density at radius 2 is 1.94 bits per heavy atom. The van der Waals surface area contributed by atoms with Gasteiger partial charge >= 0.3 is 0 Å². The van der Waals surface area contributed by atoms with Gasteiger partial charge in [-0.15, -0.1) is 5.10 Å². The van der Waals surface area contributed by atoms with E-state index in [1.54, 1.807) is 47.4 Å². The summed E-state index contributed by atoms with van der Waals surface area (Å²) in [6, 6.07) is 13.3. The van der Waals surface area contributed by atoms with Gasteiger partial charge in [-0.05, 0) is 37.1 Å². The summed E-state index contributed by atoms with van der Waals surface area (Å²) >= 11 is 6.01. The van der Waals surface area contributed by atoms with E-state index in [4.69, 9.17) is 11.6 Å². The summed E-state index contributed by atoms with van der Waals surface area (Å²) in [6.07, 6.45) is 1.30. The standard InChI is InChI=1S/C23H20ClFN6O2/c24-17-6-3-5-15(12-17)23(33)30-10-8-14(9-11-30)20-26-21-19(22(32)27-20)28-29-31(21)13-16-4-1-2-7-18(16)25/h1-7,12,14H,8-11,13H2,(H,26,27,32). The number of benzene rings is 2. The van der Waals surface area contributed by atoms with Crippen molar-refractivity contribution in [2.75, 3.05) is 13.1 Å². The van der Waals surface area contributed by atoms with E-state index >= 15 is 0 Å². The average molecular weight is 467 g/mol. The molecule has 1 amide bonds. The zero-order chi connectivity index (χ0) is 22.9. The number of amides is 1. The topological polar surface area (TPSA) is 96.8 Å². The zero-order valence-corrected chi connectivity index (χ0v) is 18.3. The molecule has 0 aliphatic carbocycles. The third-order valence-electron chi connectivity index (χ3n) is 5.91. The Morgan fingerprint density at radius 3 is 2.70 bits per heavy atom. The molecule has 1 saturated heterocycles. The van der Waals surface area contributed by atoms with Crippen molar-refractivity contribution in [3.05, 3.63) is 86.7 Å².